The molecule has 1 aliphatic rings. The van der Waals surface area contributed by atoms with Crippen LogP contribution in [0.1, 0.15) is 33.6 Å². The van der Waals surface area contributed by atoms with Crippen molar-refractivity contribution in [1.29, 1.82) is 0 Å². The van der Waals surface area contributed by atoms with Crippen molar-refractivity contribution in [3.8, 4) is 0 Å². The number of rotatable bonds is 8. The fourth-order valence-corrected chi connectivity index (χ4v) is 2.52. The van der Waals surface area contributed by atoms with E-state index >= 15 is 0 Å². The summed E-state index contributed by atoms with van der Waals surface area (Å²) in [5.74, 6) is -0.0672. The maximum absolute atomic E-state index is 12.7. The molecule has 0 saturated carbocycles. The predicted molar refractivity (Wildman–Crippen MR) is 82.0 cm³/mol. The third kappa shape index (κ3) is 4.17. The maximum Gasteiger partial charge on any atom is 0.249 e. The molecule has 2 amide bonds. The van der Waals surface area contributed by atoms with E-state index < -0.39 is 11.6 Å². The van der Waals surface area contributed by atoms with Gasteiger partial charge >= 0.3 is 0 Å². The lowest BCUT2D eigenvalue weighted by molar-refractivity contribution is -0.155. The van der Waals surface area contributed by atoms with Gasteiger partial charge in [0, 0.05) is 13.1 Å². The minimum Gasteiger partial charge on any atom is -0.378 e. The summed E-state index contributed by atoms with van der Waals surface area (Å²) in [5, 5.41) is 2.90. The standard InChI is InChI=1S/C15H29N3O3/c1-6-15(7-2)14(20)18(12(3)13(19)16-15)9-11-21-10-8-17(4)5/h12H,6-11H2,1-5H3,(H,16,19). The van der Waals surface area contributed by atoms with Crippen LogP contribution < -0.4 is 5.32 Å². The highest BCUT2D eigenvalue weighted by atomic mass is 16.5. The van der Waals surface area contributed by atoms with Crippen molar-refractivity contribution in [2.75, 3.05) is 40.4 Å². The van der Waals surface area contributed by atoms with E-state index in [9.17, 15) is 9.59 Å². The van der Waals surface area contributed by atoms with E-state index in [1.165, 1.54) is 0 Å². The van der Waals surface area contributed by atoms with Crippen LogP contribution in [0, 0.1) is 0 Å². The monoisotopic (exact) mass is 299 g/mol. The van der Waals surface area contributed by atoms with Crippen LogP contribution in [0.2, 0.25) is 0 Å². The van der Waals surface area contributed by atoms with Gasteiger partial charge in [-0.2, -0.15) is 0 Å². The second-order valence-corrected chi connectivity index (χ2v) is 5.87. The number of nitrogens with one attached hydrogen (secondary N) is 1. The zero-order valence-corrected chi connectivity index (χ0v) is 13.9. The van der Waals surface area contributed by atoms with Crippen LogP contribution in [-0.2, 0) is 14.3 Å². The van der Waals surface area contributed by atoms with Crippen LogP contribution in [0.25, 0.3) is 0 Å². The first-order valence-electron chi connectivity index (χ1n) is 7.73. The molecule has 0 radical (unpaired) electrons. The number of hydrogen-bond donors (Lipinski definition) is 1. The maximum atomic E-state index is 12.7. The van der Waals surface area contributed by atoms with E-state index in [2.05, 4.69) is 5.32 Å². The second-order valence-electron chi connectivity index (χ2n) is 5.87. The highest BCUT2D eigenvalue weighted by Gasteiger charge is 2.47. The molecular formula is C15H29N3O3. The van der Waals surface area contributed by atoms with Crippen LogP contribution in [0.4, 0.5) is 0 Å². The Morgan fingerprint density at radius 3 is 2.38 bits per heavy atom. The molecule has 1 aliphatic heterocycles. The Bertz CT molecular complexity index is 367. The molecule has 1 rings (SSSR count). The number of ether oxygens (including phenoxy) is 1. The van der Waals surface area contributed by atoms with Crippen molar-refractivity contribution in [3.63, 3.8) is 0 Å². The average Bonchev–Trinajstić information content (AvgIpc) is 2.45. The summed E-state index contributed by atoms with van der Waals surface area (Å²) in [5.41, 5.74) is -0.743. The lowest BCUT2D eigenvalue weighted by Gasteiger charge is -2.44. The van der Waals surface area contributed by atoms with Gasteiger partial charge in [0.25, 0.3) is 0 Å². The summed E-state index contributed by atoms with van der Waals surface area (Å²) in [6.07, 6.45) is 1.22. The van der Waals surface area contributed by atoms with Crippen molar-refractivity contribution in [3.05, 3.63) is 0 Å². The van der Waals surface area contributed by atoms with Gasteiger partial charge in [-0.3, -0.25) is 9.59 Å². The molecule has 0 bridgehead atoms. The molecule has 0 aliphatic carbocycles. The second kappa shape index (κ2) is 7.75. The molecule has 1 fully saturated rings. The summed E-state index contributed by atoms with van der Waals surface area (Å²) in [7, 11) is 3.97. The average molecular weight is 299 g/mol. The number of carbonyl (C=O) groups is 2. The highest BCUT2D eigenvalue weighted by molar-refractivity contribution is 5.99. The van der Waals surface area contributed by atoms with Crippen molar-refractivity contribution >= 4 is 11.8 Å². The van der Waals surface area contributed by atoms with Gasteiger partial charge in [0.1, 0.15) is 11.6 Å². The predicted octanol–water partition coefficient (Wildman–Crippen LogP) is 0.470. The van der Waals surface area contributed by atoms with Gasteiger partial charge < -0.3 is 19.9 Å². The molecule has 0 aromatic carbocycles. The summed E-state index contributed by atoms with van der Waals surface area (Å²) >= 11 is 0. The third-order valence-corrected chi connectivity index (χ3v) is 4.25. The first-order chi connectivity index (χ1) is 9.88. The first-order valence-corrected chi connectivity index (χ1v) is 7.73. The van der Waals surface area contributed by atoms with Gasteiger partial charge in [0.2, 0.25) is 11.8 Å². The molecule has 1 unspecified atom stereocenters. The summed E-state index contributed by atoms with van der Waals surface area (Å²) in [6, 6.07) is -0.429. The topological polar surface area (TPSA) is 61.9 Å². The molecule has 0 spiro atoms. The molecule has 6 nitrogen and oxygen atoms in total. The normalized spacial score (nSPS) is 21.8. The fourth-order valence-electron chi connectivity index (χ4n) is 2.52. The molecular weight excluding hydrogens is 270 g/mol. The number of hydrogen-bond acceptors (Lipinski definition) is 4. The molecule has 1 atom stereocenters. The number of carbonyl (C=O) groups excluding carboxylic acids is 2. The van der Waals surface area contributed by atoms with Gasteiger partial charge in [0.05, 0.1) is 13.2 Å². The number of piperazine rings is 1. The number of amides is 2. The SMILES string of the molecule is CCC1(CC)NC(=O)C(C)N(CCOCCN(C)C)C1=O. The Hall–Kier alpha value is -1.14. The van der Waals surface area contributed by atoms with E-state index in [0.717, 1.165) is 6.54 Å². The van der Waals surface area contributed by atoms with Gasteiger partial charge in [0.15, 0.2) is 0 Å². The van der Waals surface area contributed by atoms with Gasteiger partial charge in [-0.25, -0.2) is 0 Å². The third-order valence-electron chi connectivity index (χ3n) is 4.25. The van der Waals surface area contributed by atoms with Gasteiger partial charge in [-0.15, -0.1) is 0 Å². The first kappa shape index (κ1) is 17.9. The molecule has 1 N–H and O–H groups in total. The molecule has 6 heteroatoms. The minimum absolute atomic E-state index is 0.0100. The number of likely N-dealkylation sites (N-methyl/N-ethyl adjacent to an activating group) is 1. The Balaban J connectivity index is 2.61. The van der Waals surface area contributed by atoms with E-state index in [0.29, 0.717) is 32.6 Å². The Kier molecular flexibility index (Phi) is 6.61. The van der Waals surface area contributed by atoms with E-state index in [-0.39, 0.29) is 11.8 Å². The highest BCUT2D eigenvalue weighted by Crippen LogP contribution is 2.24. The minimum atomic E-state index is -0.743. The van der Waals surface area contributed by atoms with Crippen molar-refractivity contribution < 1.29 is 14.3 Å². The molecule has 0 aromatic heterocycles. The largest absolute Gasteiger partial charge is 0.378 e. The molecule has 0 aromatic rings. The summed E-state index contributed by atoms with van der Waals surface area (Å²) in [4.78, 5) is 28.5. The quantitative estimate of drug-likeness (QED) is 0.662. The van der Waals surface area contributed by atoms with Gasteiger partial charge in [-0.05, 0) is 33.9 Å². The zero-order valence-electron chi connectivity index (χ0n) is 13.9. The molecule has 21 heavy (non-hydrogen) atoms. The van der Waals surface area contributed by atoms with Crippen molar-refractivity contribution in [1.82, 2.24) is 15.1 Å². The van der Waals surface area contributed by atoms with Crippen LogP contribution >= 0.6 is 0 Å². The molecule has 1 saturated heterocycles. The van der Waals surface area contributed by atoms with E-state index in [4.69, 9.17) is 4.74 Å². The van der Waals surface area contributed by atoms with Crippen LogP contribution in [0.3, 0.4) is 0 Å². The number of nitrogens with zero attached hydrogens (tertiary/aromatic N) is 2. The summed E-state index contributed by atoms with van der Waals surface area (Å²) < 4.78 is 5.55. The summed E-state index contributed by atoms with van der Waals surface area (Å²) in [6.45, 7) is 8.03. The smallest absolute Gasteiger partial charge is 0.249 e. The van der Waals surface area contributed by atoms with Crippen LogP contribution in [0.5, 0.6) is 0 Å². The lowest BCUT2D eigenvalue weighted by Crippen LogP contribution is -2.69. The van der Waals surface area contributed by atoms with E-state index in [1.54, 1.807) is 11.8 Å². The van der Waals surface area contributed by atoms with Gasteiger partial charge in [-0.1, -0.05) is 13.8 Å². The lowest BCUT2D eigenvalue weighted by atomic mass is 9.87. The van der Waals surface area contributed by atoms with E-state index in [1.807, 2.05) is 32.8 Å². The zero-order chi connectivity index (χ0) is 16.0. The molecule has 122 valence electrons. The van der Waals surface area contributed by atoms with Crippen molar-refractivity contribution in [2.45, 2.75) is 45.2 Å². The Morgan fingerprint density at radius 2 is 1.86 bits per heavy atom. The fraction of sp³-hybridized carbons (Fsp3) is 0.867. The van der Waals surface area contributed by atoms with Crippen molar-refractivity contribution in [2.24, 2.45) is 0 Å². The van der Waals surface area contributed by atoms with Crippen LogP contribution in [0.15, 0.2) is 0 Å². The Labute approximate surface area is 127 Å². The molecule has 1 heterocycles. The Morgan fingerprint density at radius 1 is 1.24 bits per heavy atom. The van der Waals surface area contributed by atoms with Crippen LogP contribution in [-0.4, -0.2) is 73.6 Å².